The van der Waals surface area contributed by atoms with Gasteiger partial charge in [-0.2, -0.15) is 0 Å². The number of ether oxygens (including phenoxy) is 1. The third kappa shape index (κ3) is 10.7. The highest BCUT2D eigenvalue weighted by Crippen LogP contribution is 2.20. The van der Waals surface area contributed by atoms with Crippen LogP contribution in [0.1, 0.15) is 57.7 Å². The van der Waals surface area contributed by atoms with Crippen LogP contribution < -0.4 is 26.0 Å². The molecule has 0 saturated carbocycles. The summed E-state index contributed by atoms with van der Waals surface area (Å²) in [5, 5.41) is 11.2. The van der Waals surface area contributed by atoms with Gasteiger partial charge < -0.3 is 30.9 Å². The van der Waals surface area contributed by atoms with E-state index in [1.54, 1.807) is 4.90 Å². The zero-order valence-electron chi connectivity index (χ0n) is 28.7. The summed E-state index contributed by atoms with van der Waals surface area (Å²) in [6, 6.07) is 14.0. The summed E-state index contributed by atoms with van der Waals surface area (Å²) in [5.74, 6) is -1.73. The van der Waals surface area contributed by atoms with E-state index in [4.69, 9.17) is 4.74 Å². The Morgan fingerprint density at radius 2 is 1.55 bits per heavy atom. The van der Waals surface area contributed by atoms with Crippen LogP contribution in [0.5, 0.6) is 5.88 Å². The minimum absolute atomic E-state index is 0.0785. The molecule has 3 aromatic rings. The molecule has 3 atom stereocenters. The number of fused-ring (bicyclic) bond motifs is 1. The van der Waals surface area contributed by atoms with Crippen LogP contribution in [0.2, 0.25) is 0 Å². The first-order valence-electron chi connectivity index (χ1n) is 16.8. The molecular weight excluding hydrogens is 626 g/mol. The van der Waals surface area contributed by atoms with Crippen LogP contribution in [0, 0.1) is 5.92 Å². The molecule has 1 saturated heterocycles. The van der Waals surface area contributed by atoms with E-state index < -0.39 is 29.9 Å². The van der Waals surface area contributed by atoms with Crippen molar-refractivity contribution in [2.45, 2.75) is 77.4 Å². The first kappa shape index (κ1) is 36.8. The van der Waals surface area contributed by atoms with E-state index in [1.807, 2.05) is 68.4 Å². The molecule has 5 amide bonds. The average Bonchev–Trinajstić information content (AvgIpc) is 3.09. The van der Waals surface area contributed by atoms with E-state index in [9.17, 15) is 24.0 Å². The van der Waals surface area contributed by atoms with E-state index in [1.165, 1.54) is 14.0 Å². The second-order valence-corrected chi connectivity index (χ2v) is 12.6. The van der Waals surface area contributed by atoms with E-state index in [0.717, 1.165) is 5.56 Å². The van der Waals surface area contributed by atoms with Crippen LogP contribution in [-0.2, 0) is 36.8 Å². The minimum atomic E-state index is -0.948. The van der Waals surface area contributed by atoms with Gasteiger partial charge in [-0.3, -0.25) is 24.0 Å². The molecule has 1 fully saturated rings. The molecule has 0 aliphatic carbocycles. The summed E-state index contributed by atoms with van der Waals surface area (Å²) in [4.78, 5) is 77.2. The van der Waals surface area contributed by atoms with Gasteiger partial charge >= 0.3 is 0 Å². The summed E-state index contributed by atoms with van der Waals surface area (Å²) in [6.07, 6.45) is 1.56. The molecule has 0 unspecified atom stereocenters. The third-order valence-corrected chi connectivity index (χ3v) is 8.40. The molecule has 4 N–H and O–H groups in total. The standard InChI is InChI=1S/C36H47N7O6/c1-23(2)32-35(48)37-19-11-21-43(31(45)18-17-28-36(49-4)41-27-15-9-8-14-26(27)39-28)20-10-16-30(44)40-29(22-25-12-6-5-7-13-25)34(47)38-24(3)33(46)42-32/h5-9,12-15,23-24,29,32H,10-11,16-22H2,1-4H3,(H,37,48)(H,38,47)(H,40,44)(H,42,46)/t24-,29+,32-/m1/s1. The van der Waals surface area contributed by atoms with Gasteiger partial charge in [-0.25, -0.2) is 9.97 Å². The zero-order valence-corrected chi connectivity index (χ0v) is 28.7. The molecule has 2 heterocycles. The minimum Gasteiger partial charge on any atom is -0.480 e. The number of carbonyl (C=O) groups excluding carboxylic acids is 5. The highest BCUT2D eigenvalue weighted by Gasteiger charge is 2.29. The smallest absolute Gasteiger partial charge is 0.243 e. The van der Waals surface area contributed by atoms with Gasteiger partial charge in [0.15, 0.2) is 0 Å². The maximum Gasteiger partial charge on any atom is 0.243 e. The topological polar surface area (TPSA) is 172 Å². The fourth-order valence-electron chi connectivity index (χ4n) is 5.63. The SMILES string of the molecule is COc1nc2ccccc2nc1CCC(=O)N1CCCNC(=O)[C@@H](C(C)C)NC(=O)[C@@H](C)NC(=O)[C@H](Cc2ccccc2)NC(=O)CCC1. The molecule has 1 aliphatic rings. The molecule has 0 spiro atoms. The number of aryl methyl sites for hydroxylation is 1. The number of hydrogen-bond donors (Lipinski definition) is 4. The molecule has 1 aromatic heterocycles. The number of benzene rings is 2. The van der Waals surface area contributed by atoms with Gasteiger partial charge in [0.2, 0.25) is 35.4 Å². The molecule has 1 aliphatic heterocycles. The first-order valence-corrected chi connectivity index (χ1v) is 16.8. The molecule has 49 heavy (non-hydrogen) atoms. The Morgan fingerprint density at radius 3 is 2.24 bits per heavy atom. The van der Waals surface area contributed by atoms with Crippen molar-refractivity contribution >= 4 is 40.6 Å². The number of amides is 5. The van der Waals surface area contributed by atoms with Gasteiger partial charge in [0, 0.05) is 45.3 Å². The largest absolute Gasteiger partial charge is 0.480 e. The quantitative estimate of drug-likeness (QED) is 0.295. The van der Waals surface area contributed by atoms with Crippen LogP contribution in [0.3, 0.4) is 0 Å². The van der Waals surface area contributed by atoms with E-state index in [0.29, 0.717) is 55.0 Å². The zero-order chi connectivity index (χ0) is 35.3. The van der Waals surface area contributed by atoms with Crippen molar-refractivity contribution in [3.8, 4) is 5.88 Å². The second-order valence-electron chi connectivity index (χ2n) is 12.6. The summed E-state index contributed by atoms with van der Waals surface area (Å²) in [5.41, 5.74) is 2.80. The summed E-state index contributed by atoms with van der Waals surface area (Å²) < 4.78 is 5.46. The summed E-state index contributed by atoms with van der Waals surface area (Å²) in [6.45, 7) is 6.10. The Morgan fingerprint density at radius 1 is 0.878 bits per heavy atom. The van der Waals surface area contributed by atoms with Crippen LogP contribution >= 0.6 is 0 Å². The number of aromatic nitrogens is 2. The van der Waals surface area contributed by atoms with E-state index in [2.05, 4.69) is 31.2 Å². The van der Waals surface area contributed by atoms with Crippen molar-refractivity contribution in [2.24, 2.45) is 5.92 Å². The van der Waals surface area contributed by atoms with Gasteiger partial charge in [0.1, 0.15) is 23.8 Å². The fourth-order valence-corrected chi connectivity index (χ4v) is 5.63. The Hall–Kier alpha value is -5.07. The van der Waals surface area contributed by atoms with E-state index >= 15 is 0 Å². The van der Waals surface area contributed by atoms with Crippen LogP contribution in [-0.4, -0.2) is 89.3 Å². The lowest BCUT2D eigenvalue weighted by atomic mass is 10.0. The Labute approximate surface area is 287 Å². The monoisotopic (exact) mass is 673 g/mol. The number of rotatable bonds is 7. The van der Waals surface area contributed by atoms with Crippen molar-refractivity contribution in [1.29, 1.82) is 0 Å². The number of methoxy groups -OCH3 is 1. The van der Waals surface area contributed by atoms with Gasteiger partial charge in [0.05, 0.1) is 18.1 Å². The molecule has 4 rings (SSSR count). The van der Waals surface area contributed by atoms with Crippen LogP contribution in [0.4, 0.5) is 0 Å². The average molecular weight is 674 g/mol. The number of hydrogen-bond acceptors (Lipinski definition) is 8. The molecule has 13 nitrogen and oxygen atoms in total. The lowest BCUT2D eigenvalue weighted by Crippen LogP contribution is -2.57. The Bertz CT molecular complexity index is 1620. The maximum atomic E-state index is 13.6. The van der Waals surface area contributed by atoms with Crippen molar-refractivity contribution < 1.29 is 28.7 Å². The lowest BCUT2D eigenvalue weighted by molar-refractivity contribution is -0.134. The van der Waals surface area contributed by atoms with Crippen LogP contribution in [0.15, 0.2) is 54.6 Å². The fraction of sp³-hybridized carbons (Fsp3) is 0.472. The van der Waals surface area contributed by atoms with E-state index in [-0.39, 0.29) is 49.4 Å². The van der Waals surface area contributed by atoms with Gasteiger partial charge in [-0.1, -0.05) is 56.3 Å². The molecule has 262 valence electrons. The van der Waals surface area contributed by atoms with Crippen molar-refractivity contribution in [2.75, 3.05) is 26.7 Å². The summed E-state index contributed by atoms with van der Waals surface area (Å²) in [7, 11) is 1.52. The van der Waals surface area contributed by atoms with Crippen molar-refractivity contribution in [1.82, 2.24) is 36.1 Å². The number of carbonyl (C=O) groups is 5. The number of para-hydroxylation sites is 2. The third-order valence-electron chi connectivity index (χ3n) is 8.40. The van der Waals surface area contributed by atoms with Crippen molar-refractivity contribution in [3.05, 3.63) is 65.9 Å². The first-order chi connectivity index (χ1) is 23.5. The van der Waals surface area contributed by atoms with Gasteiger partial charge in [-0.05, 0) is 43.4 Å². The highest BCUT2D eigenvalue weighted by atomic mass is 16.5. The highest BCUT2D eigenvalue weighted by molar-refractivity contribution is 5.94. The Kier molecular flexibility index (Phi) is 13.4. The molecular formula is C36H47N7O6. The van der Waals surface area contributed by atoms with Crippen LogP contribution in [0.25, 0.3) is 11.0 Å². The van der Waals surface area contributed by atoms with Gasteiger partial charge in [0.25, 0.3) is 0 Å². The normalized spacial score (nSPS) is 20.4. The predicted octanol–water partition coefficient (Wildman–Crippen LogP) is 2.07. The number of nitrogens with zero attached hydrogens (tertiary/aromatic N) is 3. The summed E-state index contributed by atoms with van der Waals surface area (Å²) >= 11 is 0. The Balaban J connectivity index is 1.50. The van der Waals surface area contributed by atoms with Crippen molar-refractivity contribution in [3.63, 3.8) is 0 Å². The predicted molar refractivity (Wildman–Crippen MR) is 184 cm³/mol. The van der Waals surface area contributed by atoms with Gasteiger partial charge in [-0.15, -0.1) is 0 Å². The molecule has 2 aromatic carbocycles. The second kappa shape index (κ2) is 17.9. The lowest BCUT2D eigenvalue weighted by Gasteiger charge is -2.26. The molecule has 0 bridgehead atoms. The molecule has 0 radical (unpaired) electrons. The maximum absolute atomic E-state index is 13.6. The molecule has 13 heteroatoms. The number of nitrogens with one attached hydrogen (secondary N) is 4.